The number of nitrogens with one attached hydrogen (secondary N) is 1. The number of aromatic carboxylic acids is 1. The van der Waals surface area contributed by atoms with Gasteiger partial charge < -0.3 is 30.1 Å². The van der Waals surface area contributed by atoms with E-state index in [1.165, 1.54) is 0 Å². The van der Waals surface area contributed by atoms with Gasteiger partial charge in [-0.3, -0.25) is 9.48 Å². The first-order valence-electron chi connectivity index (χ1n) is 20.8. The van der Waals surface area contributed by atoms with Crippen molar-refractivity contribution in [1.29, 1.82) is 0 Å². The van der Waals surface area contributed by atoms with Crippen LogP contribution >= 0.6 is 11.3 Å². The summed E-state index contributed by atoms with van der Waals surface area (Å²) in [7, 11) is 1.96. The van der Waals surface area contributed by atoms with Crippen LogP contribution in [0.15, 0.2) is 42.6 Å². The van der Waals surface area contributed by atoms with Gasteiger partial charge in [-0.25, -0.2) is 14.8 Å². The number of nitrogens with zero attached hydrogens (tertiary/aromatic N) is 8. The lowest BCUT2D eigenvalue weighted by molar-refractivity contribution is -0.397. The van der Waals surface area contributed by atoms with Gasteiger partial charge in [-0.05, 0) is 106 Å². The number of hydrogen-bond acceptors (Lipinski definition) is 12. The predicted octanol–water partition coefficient (Wildman–Crippen LogP) is 7.64. The van der Waals surface area contributed by atoms with Crippen LogP contribution in [0, 0.1) is 35.5 Å². The molecule has 1 aliphatic heterocycles. The van der Waals surface area contributed by atoms with Crippen LogP contribution in [0.2, 0.25) is 0 Å². The zero-order chi connectivity index (χ0) is 41.1. The number of likely N-dealkylation sites (N-methyl/N-ethyl adjacent to an activating group) is 1. The molecule has 2 unspecified atom stereocenters. The fourth-order valence-corrected chi connectivity index (χ4v) is 14.1. The molecule has 5 aromatic rings. The normalized spacial score (nSPS) is 28.7. The minimum Gasteiger partial charge on any atom is -0.481 e. The van der Waals surface area contributed by atoms with Gasteiger partial charge in [0, 0.05) is 59.5 Å². The van der Waals surface area contributed by atoms with Gasteiger partial charge in [-0.2, -0.15) is 5.10 Å². The summed E-state index contributed by atoms with van der Waals surface area (Å²) in [6.07, 6.45) is 9.12. The smallest absolute Gasteiger partial charge is 0.355 e. The van der Waals surface area contributed by atoms with Gasteiger partial charge in [0.25, 0.3) is 0 Å². The minimum absolute atomic E-state index is 0.0125. The second-order valence-corrected chi connectivity index (χ2v) is 19.7. The van der Waals surface area contributed by atoms with Crippen molar-refractivity contribution in [2.75, 3.05) is 43.5 Å². The number of ether oxygens (including phenoxy) is 1. The molecule has 59 heavy (non-hydrogen) atoms. The van der Waals surface area contributed by atoms with Crippen LogP contribution in [0.1, 0.15) is 86.1 Å². The Labute approximate surface area is 347 Å². The number of rotatable bonds is 14. The molecule has 0 saturated heterocycles. The van der Waals surface area contributed by atoms with Gasteiger partial charge in [-0.15, -0.1) is 10.2 Å². The summed E-state index contributed by atoms with van der Waals surface area (Å²) in [5, 5.41) is 37.9. The van der Waals surface area contributed by atoms with E-state index in [0.717, 1.165) is 95.8 Å². The van der Waals surface area contributed by atoms with Gasteiger partial charge in [0.05, 0.1) is 35.0 Å². The molecule has 4 fully saturated rings. The van der Waals surface area contributed by atoms with E-state index in [1.807, 2.05) is 73.3 Å². The lowest BCUT2D eigenvalue weighted by Crippen LogP contribution is -2.82. The number of aliphatic carboxylic acids is 1. The Kier molecular flexibility index (Phi) is 8.59. The molecule has 308 valence electrons. The van der Waals surface area contributed by atoms with Crippen molar-refractivity contribution < 1.29 is 24.5 Å². The third-order valence-electron chi connectivity index (χ3n) is 15.1. The second-order valence-electron chi connectivity index (χ2n) is 18.7. The van der Waals surface area contributed by atoms with Gasteiger partial charge in [-0.1, -0.05) is 37.3 Å². The molecule has 2 atom stereocenters. The Bertz CT molecular complexity index is 2500. The highest BCUT2D eigenvalue weighted by Crippen LogP contribution is 2.95. The van der Waals surface area contributed by atoms with E-state index in [4.69, 9.17) is 24.9 Å². The molecule has 3 N–H and O–H groups in total. The van der Waals surface area contributed by atoms with Crippen LogP contribution in [0.25, 0.3) is 21.3 Å². The lowest BCUT2D eigenvalue weighted by atomic mass is 9.25. The highest BCUT2D eigenvalue weighted by Gasteiger charge is 2.93. The number of pyridine rings is 1. The Morgan fingerprint density at radius 1 is 0.966 bits per heavy atom. The van der Waals surface area contributed by atoms with E-state index >= 15 is 0 Å². The fourth-order valence-electron chi connectivity index (χ4n) is 13.3. The van der Waals surface area contributed by atoms with E-state index in [2.05, 4.69) is 34.0 Å². The number of carboxylic acids is 2. The molecule has 5 aliphatic rings. The van der Waals surface area contributed by atoms with Gasteiger partial charge in [0.2, 0.25) is 0 Å². The second kappa shape index (κ2) is 13.3. The fraction of sp³-hybridized carbons (Fsp3) is 0.523. The quantitative estimate of drug-likeness (QED) is 0.1000. The van der Waals surface area contributed by atoms with Crippen LogP contribution in [0.3, 0.4) is 0 Å². The van der Waals surface area contributed by atoms with Crippen LogP contribution in [-0.2, 0) is 22.5 Å². The van der Waals surface area contributed by atoms with Crippen LogP contribution in [-0.4, -0.2) is 95.9 Å². The molecule has 10 rings (SSSR count). The predicted molar refractivity (Wildman–Crippen MR) is 225 cm³/mol. The van der Waals surface area contributed by atoms with Crippen molar-refractivity contribution >= 4 is 56.1 Å². The minimum atomic E-state index is -1.09. The number of hydrogen-bond donors (Lipinski definition) is 3. The highest BCUT2D eigenvalue weighted by molar-refractivity contribution is 7.22. The summed E-state index contributed by atoms with van der Waals surface area (Å²) in [4.78, 5) is 37.5. The Morgan fingerprint density at radius 3 is 2.49 bits per heavy atom. The van der Waals surface area contributed by atoms with Crippen molar-refractivity contribution in [3.05, 3.63) is 65.1 Å². The number of anilines is 4. The van der Waals surface area contributed by atoms with Crippen molar-refractivity contribution in [3.8, 4) is 11.1 Å². The first kappa shape index (κ1) is 38.2. The largest absolute Gasteiger partial charge is 0.481 e. The highest BCUT2D eigenvalue weighted by atomic mass is 32.1. The lowest BCUT2D eigenvalue weighted by Gasteiger charge is -2.82. The molecule has 4 aromatic heterocycles. The number of carbonyl (C=O) groups is 2. The molecule has 14 nitrogen and oxygen atoms in total. The van der Waals surface area contributed by atoms with E-state index in [9.17, 15) is 14.7 Å². The van der Waals surface area contributed by atoms with Crippen LogP contribution in [0.4, 0.5) is 22.6 Å². The summed E-state index contributed by atoms with van der Waals surface area (Å²) in [5.41, 5.74) is 5.76. The average molecular weight is 818 g/mol. The van der Waals surface area contributed by atoms with E-state index in [-0.39, 0.29) is 39.4 Å². The molecule has 0 amide bonds. The van der Waals surface area contributed by atoms with Gasteiger partial charge >= 0.3 is 11.9 Å². The van der Waals surface area contributed by atoms with Crippen molar-refractivity contribution in [2.45, 2.75) is 91.2 Å². The topological polar surface area (TPSA) is 172 Å². The van der Waals surface area contributed by atoms with E-state index in [1.54, 1.807) is 11.3 Å². The summed E-state index contributed by atoms with van der Waals surface area (Å²) < 4.78 is 10.0. The monoisotopic (exact) mass is 817 g/mol. The molecular weight excluding hydrogens is 767 g/mol. The van der Waals surface area contributed by atoms with Gasteiger partial charge in [0.1, 0.15) is 5.82 Å². The molecule has 4 aliphatic carbocycles. The Hall–Kier alpha value is -4.99. The standard InChI is InChI=1S/C44H51N9O5S/c1-26-28-9-8-15-52(37(28)50-49-36(26)48-39-46-31-10-6-7-11-32(31)59-39)33-13-12-29(35(47-33)38(56)57)30-19-45-53(27(30)2)25-42-20-40(3)22-43(23-41(4,21-42)44(40,43)24-42)58-18-17-51(5)16-14-34(54)55/h6-7,10-13,19H,8-9,14-18,20-25H2,1-5H3,(H,54,55)(H,56,57)(H,46,48,49). The molecule has 2 bridgehead atoms. The number of carboxylic acid groups (broad SMARTS) is 2. The van der Waals surface area contributed by atoms with Crippen molar-refractivity contribution in [3.63, 3.8) is 0 Å². The molecule has 15 heteroatoms. The zero-order valence-corrected chi connectivity index (χ0v) is 35.2. The maximum atomic E-state index is 12.9. The maximum absolute atomic E-state index is 12.9. The maximum Gasteiger partial charge on any atom is 0.355 e. The Morgan fingerprint density at radius 2 is 1.75 bits per heavy atom. The number of benzene rings is 1. The molecule has 0 radical (unpaired) electrons. The van der Waals surface area contributed by atoms with E-state index < -0.39 is 11.9 Å². The number of aromatic nitrogens is 6. The summed E-state index contributed by atoms with van der Waals surface area (Å²) in [5.74, 6) is 0.00942. The molecule has 5 heterocycles. The summed E-state index contributed by atoms with van der Waals surface area (Å²) >= 11 is 1.57. The van der Waals surface area contributed by atoms with Crippen LogP contribution in [0.5, 0.6) is 0 Å². The molecule has 1 aromatic carbocycles. The third-order valence-corrected chi connectivity index (χ3v) is 16.0. The van der Waals surface area contributed by atoms with Gasteiger partial charge in [0.15, 0.2) is 22.5 Å². The summed E-state index contributed by atoms with van der Waals surface area (Å²) in [6, 6.07) is 11.8. The molecule has 4 saturated carbocycles. The first-order valence-corrected chi connectivity index (χ1v) is 21.6. The van der Waals surface area contributed by atoms with Crippen LogP contribution < -0.4 is 10.2 Å². The van der Waals surface area contributed by atoms with E-state index in [0.29, 0.717) is 42.7 Å². The number of fused-ring (bicyclic) bond motifs is 3. The zero-order valence-electron chi connectivity index (χ0n) is 34.3. The first-order chi connectivity index (χ1) is 28.2. The summed E-state index contributed by atoms with van der Waals surface area (Å²) in [6.45, 7) is 12.3. The van der Waals surface area contributed by atoms with Crippen molar-refractivity contribution in [2.24, 2.45) is 21.7 Å². The number of thiazole rings is 1. The third kappa shape index (κ3) is 5.60. The SMILES string of the molecule is Cc1c(Nc2nc3ccccc3s2)nnc2c1CCCN2c1ccc(-c2cnn(CC34CC5(C)CC6(OCCN(C)CCC(=O)O)CC(C)(C3)C56C4)c2C)c(C(=O)O)n1. The number of para-hydroxylation sites is 1. The molecule has 1 spiro atoms. The Balaban J connectivity index is 0.872. The van der Waals surface area contributed by atoms with Crippen molar-refractivity contribution in [1.82, 2.24) is 34.8 Å². The average Bonchev–Trinajstić information content (AvgIpc) is 3.90. The molecular formula is C44H51N9O5S.